The molecule has 7 heterocycles. The van der Waals surface area contributed by atoms with Crippen LogP contribution in [0, 0.1) is 5.92 Å². The molecule has 5 aliphatic rings. The van der Waals surface area contributed by atoms with Gasteiger partial charge in [-0.05, 0) is 60.6 Å². The number of likely N-dealkylation sites (tertiary alicyclic amines) is 1. The van der Waals surface area contributed by atoms with Crippen LogP contribution in [-0.2, 0) is 20.1 Å². The van der Waals surface area contributed by atoms with Crippen LogP contribution in [0.4, 0.5) is 9.18 Å². The van der Waals surface area contributed by atoms with E-state index < -0.39 is 28.1 Å². The number of hydrogen-bond donors (Lipinski definition) is 2. The van der Waals surface area contributed by atoms with Crippen LogP contribution in [-0.4, -0.2) is 84.0 Å². The third kappa shape index (κ3) is 7.11. The number of nitrogens with one attached hydrogen (secondary N) is 2. The number of nitrogens with zero attached hydrogens (tertiary/aromatic N) is 5. The van der Waals surface area contributed by atoms with Gasteiger partial charge in [0.05, 0.1) is 40.0 Å². The first-order valence-corrected chi connectivity index (χ1v) is 18.3. The molecule has 2 N–H and O–H groups in total. The Balaban J connectivity index is 1.26. The highest BCUT2D eigenvalue weighted by Crippen LogP contribution is 2.40. The number of fused-ring (bicyclic) bond motifs is 6. The van der Waals surface area contributed by atoms with Crippen molar-refractivity contribution in [1.82, 2.24) is 25.2 Å². The third-order valence-corrected chi connectivity index (χ3v) is 10.9. The normalized spacial score (nSPS) is 21.6. The molecule has 0 spiro atoms. The maximum Gasteiger partial charge on any atom is 0.409 e. The molecule has 2 aromatic rings. The van der Waals surface area contributed by atoms with Crippen LogP contribution in [0.2, 0.25) is 0 Å². The summed E-state index contributed by atoms with van der Waals surface area (Å²) >= 11 is 0. The van der Waals surface area contributed by atoms with E-state index >= 15 is 0 Å². The van der Waals surface area contributed by atoms with E-state index in [0.29, 0.717) is 66.7 Å². The van der Waals surface area contributed by atoms with Crippen LogP contribution in [0.3, 0.4) is 0 Å². The molecule has 0 aromatic carbocycles. The van der Waals surface area contributed by atoms with Gasteiger partial charge in [0, 0.05) is 49.1 Å². The van der Waals surface area contributed by atoms with E-state index in [-0.39, 0.29) is 29.3 Å². The minimum Gasteiger partial charge on any atom is -0.474 e. The van der Waals surface area contributed by atoms with Crippen molar-refractivity contribution in [3.63, 3.8) is 0 Å². The second-order valence-electron chi connectivity index (χ2n) is 13.1. The number of piperidine rings is 1. The minimum atomic E-state index is -3.79. The Hall–Kier alpha value is -5.11. The van der Waals surface area contributed by atoms with Crippen molar-refractivity contribution in [1.29, 1.82) is 0 Å². The number of carbonyl (C=O) groups excluding carboxylic acids is 1. The Morgan fingerprint density at radius 1 is 1.06 bits per heavy atom. The summed E-state index contributed by atoms with van der Waals surface area (Å²) in [4.78, 5) is 35.9. The van der Waals surface area contributed by atoms with Crippen molar-refractivity contribution in [2.24, 2.45) is 15.9 Å². The molecule has 14 heteroatoms. The van der Waals surface area contributed by atoms with Gasteiger partial charge < -0.3 is 24.7 Å². The Labute approximate surface area is 289 Å². The number of allylic oxidation sites excluding steroid dienone is 4. The first-order valence-electron chi connectivity index (χ1n) is 16.7. The van der Waals surface area contributed by atoms with Gasteiger partial charge in [-0.15, -0.1) is 0 Å². The van der Waals surface area contributed by atoms with E-state index in [1.165, 1.54) is 6.33 Å². The summed E-state index contributed by atoms with van der Waals surface area (Å²) < 4.78 is 51.8. The zero-order valence-electron chi connectivity index (χ0n) is 27.8. The summed E-state index contributed by atoms with van der Waals surface area (Å²) in [6.45, 7) is 3.59. The lowest BCUT2D eigenvalue weighted by molar-refractivity contribution is 0.0631. The maximum absolute atomic E-state index is 14.1. The van der Waals surface area contributed by atoms with Crippen molar-refractivity contribution in [2.75, 3.05) is 32.1 Å². The fourth-order valence-corrected chi connectivity index (χ4v) is 8.53. The number of sulfone groups is 1. The fourth-order valence-electron chi connectivity index (χ4n) is 6.58. The van der Waals surface area contributed by atoms with E-state index in [9.17, 15) is 17.6 Å². The van der Waals surface area contributed by atoms with Gasteiger partial charge in [-0.3, -0.25) is 0 Å². The quantitative estimate of drug-likeness (QED) is 0.426. The van der Waals surface area contributed by atoms with E-state index in [4.69, 9.17) is 19.5 Å². The average molecular weight is 700 g/mol. The van der Waals surface area contributed by atoms with Crippen molar-refractivity contribution in [2.45, 2.75) is 44.8 Å². The molecule has 0 aliphatic carbocycles. The predicted molar refractivity (Wildman–Crippen MR) is 188 cm³/mol. The fraction of sp³-hybridized carbons (Fsp3) is 0.361. The maximum atomic E-state index is 14.1. The van der Waals surface area contributed by atoms with Gasteiger partial charge in [-0.25, -0.2) is 37.6 Å². The first-order chi connectivity index (χ1) is 24.1. The largest absolute Gasteiger partial charge is 0.474 e. The number of amides is 1. The van der Waals surface area contributed by atoms with Crippen molar-refractivity contribution in [3.8, 4) is 5.88 Å². The molecule has 5 aliphatic heterocycles. The second kappa shape index (κ2) is 13.7. The molecule has 50 heavy (non-hydrogen) atoms. The van der Waals surface area contributed by atoms with Crippen LogP contribution in [0.15, 0.2) is 93.0 Å². The molecule has 8 bridgehead atoms. The van der Waals surface area contributed by atoms with Crippen LogP contribution < -0.4 is 20.8 Å². The lowest BCUT2D eigenvalue weighted by atomic mass is 9.91. The number of alkyl halides is 1. The van der Waals surface area contributed by atoms with Gasteiger partial charge in [-0.2, -0.15) is 0 Å². The van der Waals surface area contributed by atoms with E-state index in [2.05, 4.69) is 20.3 Å². The average Bonchev–Trinajstić information content (AvgIpc) is 3.90. The molecule has 0 saturated carbocycles. The van der Waals surface area contributed by atoms with Crippen LogP contribution >= 0.6 is 0 Å². The van der Waals surface area contributed by atoms with Crippen LogP contribution in [0.5, 0.6) is 5.88 Å². The molecule has 0 radical (unpaired) electrons. The highest BCUT2D eigenvalue weighted by atomic mass is 32.2. The summed E-state index contributed by atoms with van der Waals surface area (Å²) in [5.41, 5.74) is 2.42. The summed E-state index contributed by atoms with van der Waals surface area (Å²) in [5.74, 6) is 0.188. The van der Waals surface area contributed by atoms with Gasteiger partial charge in [0.15, 0.2) is 9.84 Å². The SMILES string of the molecule is CC(C)CS(=O)(=O)C1=C2C=CC(=N2)C=c2ccc([nH]2)=CC2=NC(=CC3(c4cc(OC5CCN(C(=O)OCCF)CC5)ncn4)CC=C1N3)C=C2. The number of aromatic nitrogens is 3. The molecule has 1 unspecified atom stereocenters. The Kier molecular flexibility index (Phi) is 9.12. The van der Waals surface area contributed by atoms with Crippen molar-refractivity contribution in [3.05, 3.63) is 99.4 Å². The third-order valence-electron chi connectivity index (χ3n) is 8.79. The molecule has 1 amide bonds. The number of H-pyrrole nitrogens is 1. The van der Waals surface area contributed by atoms with Crippen molar-refractivity contribution >= 4 is 39.5 Å². The standard InChI is InChI=1S/C36H38FN7O5S/c1-23(2)21-50(46,47)34-30-8-7-27(42-30)18-25-4-3-24(40-25)17-26-5-6-28(41-26)20-36(12-9-31(34)43-36)32-19-33(39-22-38-32)49-29-10-14-44(15-11-29)35(45)48-16-13-37/h3-9,17-20,22-23,29,40,43H,10-16,21H2,1-2H3. The number of aliphatic imine (C=N–C) groups is 2. The zero-order valence-corrected chi connectivity index (χ0v) is 28.6. The molecule has 12 nitrogen and oxygen atoms in total. The Bertz CT molecular complexity index is 2150. The summed E-state index contributed by atoms with van der Waals surface area (Å²) in [6, 6.07) is 5.65. The predicted octanol–water partition coefficient (Wildman–Crippen LogP) is 3.29. The molecule has 2 aromatic heterocycles. The van der Waals surface area contributed by atoms with Crippen LogP contribution in [0.1, 0.15) is 38.8 Å². The highest BCUT2D eigenvalue weighted by Gasteiger charge is 2.41. The monoisotopic (exact) mass is 699 g/mol. The van der Waals surface area contributed by atoms with Gasteiger partial charge in [0.1, 0.15) is 36.2 Å². The second-order valence-corrected chi connectivity index (χ2v) is 15.1. The molecular weight excluding hydrogens is 662 g/mol. The number of halogens is 1. The zero-order chi connectivity index (χ0) is 34.9. The first kappa shape index (κ1) is 33.4. The highest BCUT2D eigenvalue weighted by molar-refractivity contribution is 7.95. The number of hydrogen-bond acceptors (Lipinski definition) is 10. The van der Waals surface area contributed by atoms with Gasteiger partial charge in [0.2, 0.25) is 5.88 Å². The van der Waals surface area contributed by atoms with Gasteiger partial charge >= 0.3 is 6.09 Å². The number of aromatic amines is 1. The molecule has 7 rings (SSSR count). The lowest BCUT2D eigenvalue weighted by Gasteiger charge is -2.32. The summed E-state index contributed by atoms with van der Waals surface area (Å²) in [7, 11) is -3.79. The van der Waals surface area contributed by atoms with Crippen molar-refractivity contribution < 1.29 is 27.1 Å². The molecule has 1 atom stereocenters. The van der Waals surface area contributed by atoms with E-state index in [0.717, 1.165) is 16.4 Å². The topological polar surface area (TPSA) is 151 Å². The summed E-state index contributed by atoms with van der Waals surface area (Å²) in [6.07, 6.45) is 17.2. The number of rotatable bonds is 8. The van der Waals surface area contributed by atoms with Crippen LogP contribution in [0.25, 0.3) is 12.2 Å². The number of carbonyl (C=O) groups is 1. The molecule has 1 saturated heterocycles. The van der Waals surface area contributed by atoms with Gasteiger partial charge in [0.25, 0.3) is 0 Å². The Morgan fingerprint density at radius 2 is 1.80 bits per heavy atom. The molecular formula is C36H38FN7O5S. The van der Waals surface area contributed by atoms with E-state index in [1.807, 2.05) is 68.5 Å². The number of ether oxygens (including phenoxy) is 2. The van der Waals surface area contributed by atoms with E-state index in [1.54, 1.807) is 17.0 Å². The summed E-state index contributed by atoms with van der Waals surface area (Å²) in [5, 5.41) is 5.25. The molecule has 1 fully saturated rings. The smallest absolute Gasteiger partial charge is 0.409 e. The Morgan fingerprint density at radius 3 is 2.54 bits per heavy atom. The molecule has 260 valence electrons. The van der Waals surface area contributed by atoms with Gasteiger partial charge in [-0.1, -0.05) is 19.9 Å². The minimum absolute atomic E-state index is 0.0501. The lowest BCUT2D eigenvalue weighted by Crippen LogP contribution is -2.42.